The Labute approximate surface area is 112 Å². The van der Waals surface area contributed by atoms with Gasteiger partial charge in [0.05, 0.1) is 6.10 Å². The number of nitrogens with one attached hydrogen (secondary N) is 1. The van der Waals surface area contributed by atoms with E-state index in [0.29, 0.717) is 17.4 Å². The topological polar surface area (TPSA) is 21.3 Å². The van der Waals surface area contributed by atoms with Gasteiger partial charge in [-0.1, -0.05) is 33.1 Å². The SMILES string of the molecule is CC(C)C1OC2(CCCCCCC2)NCC12CC2. The van der Waals surface area contributed by atoms with Gasteiger partial charge in [-0.15, -0.1) is 0 Å². The molecule has 0 amide bonds. The number of ether oxygens (including phenoxy) is 1. The summed E-state index contributed by atoms with van der Waals surface area (Å²) < 4.78 is 6.68. The molecule has 2 saturated carbocycles. The second-order valence-corrected chi connectivity index (χ2v) is 7.26. The van der Waals surface area contributed by atoms with Crippen LogP contribution in [0.25, 0.3) is 0 Å². The van der Waals surface area contributed by atoms with Crippen LogP contribution in [0.1, 0.15) is 71.6 Å². The molecule has 3 aliphatic rings. The molecule has 0 radical (unpaired) electrons. The van der Waals surface area contributed by atoms with Crippen molar-refractivity contribution in [3.63, 3.8) is 0 Å². The van der Waals surface area contributed by atoms with Crippen LogP contribution in [0.3, 0.4) is 0 Å². The Bertz CT molecular complexity index is 287. The van der Waals surface area contributed by atoms with Crippen LogP contribution in [0.2, 0.25) is 0 Å². The van der Waals surface area contributed by atoms with Gasteiger partial charge in [0.2, 0.25) is 0 Å². The van der Waals surface area contributed by atoms with Gasteiger partial charge in [0.15, 0.2) is 0 Å². The summed E-state index contributed by atoms with van der Waals surface area (Å²) in [6.45, 7) is 5.88. The minimum Gasteiger partial charge on any atom is -0.357 e. The van der Waals surface area contributed by atoms with E-state index in [4.69, 9.17) is 4.74 Å². The first kappa shape index (κ1) is 12.9. The molecule has 2 heteroatoms. The van der Waals surface area contributed by atoms with E-state index in [0.717, 1.165) is 0 Å². The largest absolute Gasteiger partial charge is 0.357 e. The van der Waals surface area contributed by atoms with E-state index in [1.54, 1.807) is 0 Å². The van der Waals surface area contributed by atoms with E-state index in [-0.39, 0.29) is 5.72 Å². The minimum atomic E-state index is 0.0309. The van der Waals surface area contributed by atoms with E-state index in [1.165, 1.54) is 64.3 Å². The van der Waals surface area contributed by atoms with Gasteiger partial charge in [-0.3, -0.25) is 5.32 Å². The van der Waals surface area contributed by atoms with Crippen LogP contribution in [0.5, 0.6) is 0 Å². The smallest absolute Gasteiger partial charge is 0.119 e. The normalized spacial score (nSPS) is 34.5. The van der Waals surface area contributed by atoms with Gasteiger partial charge in [0.25, 0.3) is 0 Å². The molecule has 2 nitrogen and oxygen atoms in total. The average molecular weight is 251 g/mol. The van der Waals surface area contributed by atoms with Crippen molar-refractivity contribution in [3.8, 4) is 0 Å². The summed E-state index contributed by atoms with van der Waals surface area (Å²) in [6, 6.07) is 0. The molecule has 104 valence electrons. The molecule has 0 aromatic carbocycles. The molecule has 1 saturated heterocycles. The highest BCUT2D eigenvalue weighted by molar-refractivity contribution is 5.07. The van der Waals surface area contributed by atoms with Gasteiger partial charge in [-0.25, -0.2) is 0 Å². The molecular formula is C16H29NO. The van der Waals surface area contributed by atoms with Gasteiger partial charge in [0.1, 0.15) is 5.72 Å². The highest BCUT2D eigenvalue weighted by Gasteiger charge is 2.57. The van der Waals surface area contributed by atoms with Crippen molar-refractivity contribution in [2.24, 2.45) is 11.3 Å². The molecule has 1 atom stereocenters. The van der Waals surface area contributed by atoms with Crippen LogP contribution < -0.4 is 5.32 Å². The summed E-state index contributed by atoms with van der Waals surface area (Å²) in [6.07, 6.45) is 12.6. The average Bonchev–Trinajstić information content (AvgIpc) is 3.07. The maximum atomic E-state index is 6.68. The quantitative estimate of drug-likeness (QED) is 0.764. The van der Waals surface area contributed by atoms with Gasteiger partial charge in [-0.05, 0) is 44.4 Å². The van der Waals surface area contributed by atoms with Crippen molar-refractivity contribution in [1.82, 2.24) is 5.32 Å². The number of hydrogen-bond acceptors (Lipinski definition) is 2. The molecular weight excluding hydrogens is 222 g/mol. The van der Waals surface area contributed by atoms with Crippen LogP contribution in [0.4, 0.5) is 0 Å². The molecule has 2 aliphatic carbocycles. The maximum Gasteiger partial charge on any atom is 0.119 e. The molecule has 2 spiro atoms. The summed E-state index contributed by atoms with van der Waals surface area (Å²) in [4.78, 5) is 0. The first-order chi connectivity index (χ1) is 8.66. The summed E-state index contributed by atoms with van der Waals surface area (Å²) in [7, 11) is 0. The Morgan fingerprint density at radius 3 is 2.11 bits per heavy atom. The lowest BCUT2D eigenvalue weighted by molar-refractivity contribution is -0.196. The van der Waals surface area contributed by atoms with E-state index in [9.17, 15) is 0 Å². The lowest BCUT2D eigenvalue weighted by atomic mass is 9.84. The predicted molar refractivity (Wildman–Crippen MR) is 74.4 cm³/mol. The first-order valence-corrected chi connectivity index (χ1v) is 8.09. The zero-order valence-corrected chi connectivity index (χ0v) is 12.1. The molecule has 18 heavy (non-hydrogen) atoms. The van der Waals surface area contributed by atoms with Crippen LogP contribution in [-0.4, -0.2) is 18.4 Å². The third-order valence-corrected chi connectivity index (χ3v) is 5.38. The Balaban J connectivity index is 1.72. The summed E-state index contributed by atoms with van der Waals surface area (Å²) >= 11 is 0. The fourth-order valence-electron chi connectivity index (χ4n) is 4.08. The fourth-order valence-corrected chi connectivity index (χ4v) is 4.08. The molecule has 1 heterocycles. The molecule has 3 fully saturated rings. The fraction of sp³-hybridized carbons (Fsp3) is 1.00. The monoisotopic (exact) mass is 251 g/mol. The summed E-state index contributed by atoms with van der Waals surface area (Å²) in [5.74, 6) is 0.664. The number of hydrogen-bond donors (Lipinski definition) is 1. The van der Waals surface area contributed by atoms with Crippen LogP contribution in [-0.2, 0) is 4.74 Å². The van der Waals surface area contributed by atoms with Crippen LogP contribution in [0, 0.1) is 11.3 Å². The third kappa shape index (κ3) is 2.34. The van der Waals surface area contributed by atoms with Crippen molar-refractivity contribution in [3.05, 3.63) is 0 Å². The maximum absolute atomic E-state index is 6.68. The molecule has 0 aromatic rings. The van der Waals surface area contributed by atoms with E-state index in [2.05, 4.69) is 19.2 Å². The third-order valence-electron chi connectivity index (χ3n) is 5.38. The molecule has 1 N–H and O–H groups in total. The van der Waals surface area contributed by atoms with Crippen molar-refractivity contribution in [2.75, 3.05) is 6.54 Å². The zero-order valence-electron chi connectivity index (χ0n) is 12.1. The lowest BCUT2D eigenvalue weighted by Gasteiger charge is -2.49. The van der Waals surface area contributed by atoms with Crippen molar-refractivity contribution >= 4 is 0 Å². The van der Waals surface area contributed by atoms with Gasteiger partial charge < -0.3 is 4.74 Å². The Morgan fingerprint density at radius 2 is 1.56 bits per heavy atom. The summed E-state index contributed by atoms with van der Waals surface area (Å²) in [5, 5.41) is 3.82. The Kier molecular flexibility index (Phi) is 3.44. The lowest BCUT2D eigenvalue weighted by Crippen LogP contribution is -2.60. The van der Waals surface area contributed by atoms with Crippen molar-refractivity contribution in [1.29, 1.82) is 0 Å². The van der Waals surface area contributed by atoms with E-state index in [1.807, 2.05) is 0 Å². The molecule has 0 aromatic heterocycles. The Hall–Kier alpha value is -0.0800. The van der Waals surface area contributed by atoms with Crippen LogP contribution in [0.15, 0.2) is 0 Å². The summed E-state index contributed by atoms with van der Waals surface area (Å²) in [5.41, 5.74) is 0.533. The first-order valence-electron chi connectivity index (χ1n) is 8.09. The van der Waals surface area contributed by atoms with E-state index < -0.39 is 0 Å². The van der Waals surface area contributed by atoms with Crippen molar-refractivity contribution < 1.29 is 4.74 Å². The zero-order chi connectivity index (χ0) is 12.6. The van der Waals surface area contributed by atoms with Gasteiger partial charge in [-0.2, -0.15) is 0 Å². The van der Waals surface area contributed by atoms with Crippen LogP contribution >= 0.6 is 0 Å². The Morgan fingerprint density at radius 1 is 0.944 bits per heavy atom. The molecule has 3 rings (SSSR count). The molecule has 0 bridgehead atoms. The molecule has 1 aliphatic heterocycles. The predicted octanol–water partition coefficient (Wildman–Crippen LogP) is 3.85. The highest BCUT2D eigenvalue weighted by atomic mass is 16.5. The second-order valence-electron chi connectivity index (χ2n) is 7.26. The second kappa shape index (κ2) is 4.79. The van der Waals surface area contributed by atoms with Gasteiger partial charge in [0, 0.05) is 12.0 Å². The molecule has 1 unspecified atom stereocenters. The number of rotatable bonds is 1. The van der Waals surface area contributed by atoms with Crippen molar-refractivity contribution in [2.45, 2.75) is 83.5 Å². The van der Waals surface area contributed by atoms with Gasteiger partial charge >= 0.3 is 0 Å². The standard InChI is InChI=1S/C16H29NO/c1-13(2)14-15(10-11-15)12-17-16(18-14)8-6-4-3-5-7-9-16/h13-14,17H,3-12H2,1-2H3. The minimum absolute atomic E-state index is 0.0309. The highest BCUT2D eigenvalue weighted by Crippen LogP contribution is 2.55. The van der Waals surface area contributed by atoms with E-state index >= 15 is 0 Å².